The molecule has 0 aromatic heterocycles. The molecule has 0 saturated heterocycles. The number of benzene rings is 1. The number of rotatable bonds is 10. The van der Waals surface area contributed by atoms with Gasteiger partial charge in [-0.15, -0.1) is 24.0 Å². The zero-order chi connectivity index (χ0) is 19.7. The largest absolute Gasteiger partial charge is 0.492 e. The topological polar surface area (TPSA) is 73.3 Å². The van der Waals surface area contributed by atoms with Crippen LogP contribution in [0.1, 0.15) is 39.0 Å². The zero-order valence-electron chi connectivity index (χ0n) is 17.5. The molecular formula is C21H34IN3O4. The van der Waals surface area contributed by atoms with Crippen LogP contribution in [0, 0.1) is 5.41 Å². The molecule has 1 aromatic carbocycles. The molecule has 7 nitrogen and oxygen atoms in total. The summed E-state index contributed by atoms with van der Waals surface area (Å²) in [5.74, 6) is 3.09. The molecule has 0 bridgehead atoms. The Balaban J connectivity index is 0.00000300. The third-order valence-electron chi connectivity index (χ3n) is 5.51. The Kier molecular flexibility index (Phi) is 10.1. The van der Waals surface area contributed by atoms with Crippen molar-refractivity contribution in [1.29, 1.82) is 0 Å². The molecular weight excluding hydrogens is 485 g/mol. The van der Waals surface area contributed by atoms with Crippen molar-refractivity contribution in [3.05, 3.63) is 18.2 Å². The number of fused-ring (bicyclic) bond motifs is 1. The number of halogens is 1. The molecule has 1 aliphatic carbocycles. The number of aliphatic imine (C=N–C) groups is 1. The molecule has 1 aromatic rings. The van der Waals surface area contributed by atoms with Crippen LogP contribution in [0.3, 0.4) is 0 Å². The van der Waals surface area contributed by atoms with E-state index in [1.165, 1.54) is 25.7 Å². The van der Waals surface area contributed by atoms with Crippen LogP contribution < -0.4 is 24.8 Å². The molecule has 3 rings (SSSR count). The quantitative estimate of drug-likeness (QED) is 0.213. The SMILES string of the molecule is CCOCCC1(CNC(=NC)NCCOc2ccc3c(c2)OCO3)CCCC1.I. The first kappa shape index (κ1) is 23.9. The van der Waals surface area contributed by atoms with Gasteiger partial charge in [0.1, 0.15) is 12.4 Å². The third kappa shape index (κ3) is 7.09. The monoisotopic (exact) mass is 519 g/mol. The van der Waals surface area contributed by atoms with Crippen molar-refractivity contribution in [3.63, 3.8) is 0 Å². The smallest absolute Gasteiger partial charge is 0.231 e. The van der Waals surface area contributed by atoms with Crippen LogP contribution in [0.15, 0.2) is 23.2 Å². The summed E-state index contributed by atoms with van der Waals surface area (Å²) in [6.07, 6.45) is 6.25. The average Bonchev–Trinajstić information content (AvgIpc) is 3.37. The van der Waals surface area contributed by atoms with E-state index in [0.717, 1.165) is 49.4 Å². The second-order valence-electron chi connectivity index (χ2n) is 7.37. The highest BCUT2D eigenvalue weighted by atomic mass is 127. The second-order valence-corrected chi connectivity index (χ2v) is 7.37. The minimum atomic E-state index is 0. The molecule has 8 heteroatoms. The third-order valence-corrected chi connectivity index (χ3v) is 5.51. The first-order chi connectivity index (χ1) is 13.7. The molecule has 164 valence electrons. The van der Waals surface area contributed by atoms with Gasteiger partial charge in [0.25, 0.3) is 0 Å². The molecule has 0 unspecified atom stereocenters. The molecule has 0 radical (unpaired) electrons. The van der Waals surface area contributed by atoms with E-state index in [9.17, 15) is 0 Å². The van der Waals surface area contributed by atoms with Gasteiger partial charge in [-0.1, -0.05) is 12.8 Å². The first-order valence-electron chi connectivity index (χ1n) is 10.3. The maximum absolute atomic E-state index is 5.79. The Morgan fingerprint density at radius 1 is 1.14 bits per heavy atom. The lowest BCUT2D eigenvalue weighted by atomic mass is 9.83. The number of hydrogen-bond acceptors (Lipinski definition) is 5. The Morgan fingerprint density at radius 2 is 1.93 bits per heavy atom. The summed E-state index contributed by atoms with van der Waals surface area (Å²) in [4.78, 5) is 4.34. The van der Waals surface area contributed by atoms with E-state index in [-0.39, 0.29) is 30.8 Å². The number of nitrogens with one attached hydrogen (secondary N) is 2. The summed E-state index contributed by atoms with van der Waals surface area (Å²) in [6.45, 7) is 6.09. The number of hydrogen-bond donors (Lipinski definition) is 2. The molecule has 0 spiro atoms. The molecule has 1 fully saturated rings. The van der Waals surface area contributed by atoms with Gasteiger partial charge in [-0.05, 0) is 43.7 Å². The van der Waals surface area contributed by atoms with Crippen molar-refractivity contribution in [2.75, 3.05) is 46.8 Å². The van der Waals surface area contributed by atoms with Gasteiger partial charge >= 0.3 is 0 Å². The van der Waals surface area contributed by atoms with E-state index in [4.69, 9.17) is 18.9 Å². The van der Waals surface area contributed by atoms with Crippen molar-refractivity contribution >= 4 is 29.9 Å². The molecule has 0 atom stereocenters. The Labute approximate surface area is 190 Å². The predicted molar refractivity (Wildman–Crippen MR) is 125 cm³/mol. The van der Waals surface area contributed by atoms with E-state index in [1.54, 1.807) is 7.05 Å². The second kappa shape index (κ2) is 12.3. The molecule has 29 heavy (non-hydrogen) atoms. The summed E-state index contributed by atoms with van der Waals surface area (Å²) in [6, 6.07) is 5.62. The molecule has 2 aliphatic rings. The fourth-order valence-electron chi connectivity index (χ4n) is 3.87. The Bertz CT molecular complexity index is 651. The molecule has 2 N–H and O–H groups in total. The maximum atomic E-state index is 5.79. The van der Waals surface area contributed by atoms with Gasteiger partial charge in [-0.3, -0.25) is 4.99 Å². The van der Waals surface area contributed by atoms with E-state index in [2.05, 4.69) is 22.5 Å². The van der Waals surface area contributed by atoms with Crippen LogP contribution in [0.25, 0.3) is 0 Å². The Morgan fingerprint density at radius 3 is 2.69 bits per heavy atom. The minimum Gasteiger partial charge on any atom is -0.492 e. The van der Waals surface area contributed by atoms with Crippen LogP contribution in [0.5, 0.6) is 17.2 Å². The minimum absolute atomic E-state index is 0. The van der Waals surface area contributed by atoms with E-state index in [0.29, 0.717) is 18.6 Å². The summed E-state index contributed by atoms with van der Waals surface area (Å²) < 4.78 is 22.1. The van der Waals surface area contributed by atoms with Crippen LogP contribution in [0.4, 0.5) is 0 Å². The van der Waals surface area contributed by atoms with Crippen molar-refractivity contribution in [2.45, 2.75) is 39.0 Å². The fourth-order valence-corrected chi connectivity index (χ4v) is 3.87. The average molecular weight is 519 g/mol. The zero-order valence-corrected chi connectivity index (χ0v) is 19.8. The molecule has 1 heterocycles. The van der Waals surface area contributed by atoms with Crippen LogP contribution in [-0.4, -0.2) is 52.7 Å². The number of ether oxygens (including phenoxy) is 4. The highest BCUT2D eigenvalue weighted by molar-refractivity contribution is 14.0. The van der Waals surface area contributed by atoms with Gasteiger partial charge in [0.05, 0.1) is 6.54 Å². The summed E-state index contributed by atoms with van der Waals surface area (Å²) in [7, 11) is 1.80. The van der Waals surface area contributed by atoms with Gasteiger partial charge in [0.2, 0.25) is 6.79 Å². The predicted octanol–water partition coefficient (Wildman–Crippen LogP) is 3.56. The normalized spacial score (nSPS) is 17.0. The van der Waals surface area contributed by atoms with Crippen molar-refractivity contribution in [3.8, 4) is 17.2 Å². The summed E-state index contributed by atoms with van der Waals surface area (Å²) in [5, 5.41) is 6.83. The maximum Gasteiger partial charge on any atom is 0.231 e. The van der Waals surface area contributed by atoms with E-state index >= 15 is 0 Å². The summed E-state index contributed by atoms with van der Waals surface area (Å²) in [5.41, 5.74) is 0.329. The van der Waals surface area contributed by atoms with E-state index in [1.807, 2.05) is 18.2 Å². The van der Waals surface area contributed by atoms with Gasteiger partial charge in [-0.25, -0.2) is 0 Å². The summed E-state index contributed by atoms with van der Waals surface area (Å²) >= 11 is 0. The van der Waals surface area contributed by atoms with Crippen LogP contribution >= 0.6 is 24.0 Å². The standard InChI is InChI=1S/C21H33N3O4.HI/c1-3-25-12-10-21(8-4-5-9-21)15-24-20(22-2)23-11-13-26-17-6-7-18-19(14-17)28-16-27-18;/h6-7,14H,3-5,8-13,15-16H2,1-2H3,(H2,22,23,24);1H. The highest BCUT2D eigenvalue weighted by Gasteiger charge is 2.33. The lowest BCUT2D eigenvalue weighted by Gasteiger charge is -2.30. The van der Waals surface area contributed by atoms with Crippen molar-refractivity contribution in [1.82, 2.24) is 10.6 Å². The van der Waals surface area contributed by atoms with Crippen LogP contribution in [0.2, 0.25) is 0 Å². The highest BCUT2D eigenvalue weighted by Crippen LogP contribution is 2.40. The van der Waals surface area contributed by atoms with Gasteiger partial charge < -0.3 is 29.6 Å². The fraction of sp³-hybridized carbons (Fsp3) is 0.667. The van der Waals surface area contributed by atoms with Gasteiger partial charge in [0, 0.05) is 32.9 Å². The number of guanidine groups is 1. The Hall–Kier alpha value is -1.42. The molecule has 1 saturated carbocycles. The van der Waals surface area contributed by atoms with Gasteiger partial charge in [-0.2, -0.15) is 0 Å². The van der Waals surface area contributed by atoms with Gasteiger partial charge in [0.15, 0.2) is 17.5 Å². The molecule has 1 aliphatic heterocycles. The van der Waals surface area contributed by atoms with Crippen molar-refractivity contribution < 1.29 is 18.9 Å². The lowest BCUT2D eigenvalue weighted by molar-refractivity contribution is 0.105. The van der Waals surface area contributed by atoms with E-state index < -0.39 is 0 Å². The number of nitrogens with zero attached hydrogens (tertiary/aromatic N) is 1. The van der Waals surface area contributed by atoms with Crippen molar-refractivity contribution in [2.24, 2.45) is 10.4 Å². The first-order valence-corrected chi connectivity index (χ1v) is 10.3. The molecule has 0 amide bonds. The van der Waals surface area contributed by atoms with Crippen LogP contribution in [-0.2, 0) is 4.74 Å². The lowest BCUT2D eigenvalue weighted by Crippen LogP contribution is -2.44.